The van der Waals surface area contributed by atoms with Crippen LogP contribution >= 0.6 is 0 Å². The molecule has 1 aliphatic rings. The van der Waals surface area contributed by atoms with Crippen molar-refractivity contribution in [3.63, 3.8) is 0 Å². The first-order valence-electron chi connectivity index (χ1n) is 12.6. The number of hydrogen-bond donors (Lipinski definition) is 2. The molecule has 0 bridgehead atoms. The van der Waals surface area contributed by atoms with Crippen molar-refractivity contribution in [2.75, 3.05) is 13.1 Å². The van der Waals surface area contributed by atoms with Crippen LogP contribution in [0.2, 0.25) is 0 Å². The average Bonchev–Trinajstić information content (AvgIpc) is 3.40. The Kier molecular flexibility index (Phi) is 9.61. The van der Waals surface area contributed by atoms with E-state index in [2.05, 4.69) is 48.5 Å². The molecule has 192 valence electrons. The zero-order valence-electron chi connectivity index (χ0n) is 22.6. The van der Waals surface area contributed by atoms with Crippen LogP contribution in [0.15, 0.2) is 0 Å². The number of aliphatic carboxylic acids is 2. The van der Waals surface area contributed by atoms with E-state index in [1.54, 1.807) is 0 Å². The van der Waals surface area contributed by atoms with Gasteiger partial charge in [0.25, 0.3) is 0 Å². The van der Waals surface area contributed by atoms with E-state index in [1.807, 2.05) is 13.8 Å². The molecule has 4 unspecified atom stereocenters. The number of carbonyl (C=O) groups is 3. The summed E-state index contributed by atoms with van der Waals surface area (Å²) in [7, 11) is 0. The van der Waals surface area contributed by atoms with Crippen LogP contribution in [0, 0.1) is 33.5 Å². The average molecular weight is 468 g/mol. The largest absolute Gasteiger partial charge is 0.480 e. The zero-order chi connectivity index (χ0) is 25.8. The van der Waals surface area contributed by atoms with E-state index in [0.717, 1.165) is 24.2 Å². The summed E-state index contributed by atoms with van der Waals surface area (Å²) in [6.45, 7) is 18.8. The Bertz CT molecular complexity index is 694. The lowest BCUT2D eigenvalue weighted by atomic mass is 9.64. The Balaban J connectivity index is 3.15. The molecule has 0 radical (unpaired) electrons. The van der Waals surface area contributed by atoms with Crippen molar-refractivity contribution in [3.8, 4) is 0 Å². The number of carboxylic acid groups (broad SMARTS) is 2. The van der Waals surface area contributed by atoms with Gasteiger partial charge in [-0.3, -0.25) is 14.4 Å². The van der Waals surface area contributed by atoms with Gasteiger partial charge in [-0.2, -0.15) is 0 Å². The molecule has 33 heavy (non-hydrogen) atoms. The van der Waals surface area contributed by atoms with Gasteiger partial charge in [0.2, 0.25) is 5.91 Å². The molecule has 1 fully saturated rings. The molecule has 2 N–H and O–H groups in total. The van der Waals surface area contributed by atoms with E-state index >= 15 is 0 Å². The molecule has 1 amide bonds. The Labute approximate surface area is 201 Å². The predicted molar refractivity (Wildman–Crippen MR) is 132 cm³/mol. The van der Waals surface area contributed by atoms with Crippen molar-refractivity contribution in [1.29, 1.82) is 0 Å². The highest BCUT2D eigenvalue weighted by Gasteiger charge is 2.57. The lowest BCUT2D eigenvalue weighted by molar-refractivity contribution is -0.155. The summed E-state index contributed by atoms with van der Waals surface area (Å²) in [6, 6.07) is 0. The molecule has 0 saturated heterocycles. The quantitative estimate of drug-likeness (QED) is 0.322. The van der Waals surface area contributed by atoms with Crippen molar-refractivity contribution < 1.29 is 24.6 Å². The summed E-state index contributed by atoms with van der Waals surface area (Å²) in [5.41, 5.74) is -0.377. The van der Waals surface area contributed by atoms with Gasteiger partial charge in [0, 0.05) is 5.41 Å². The lowest BCUT2D eigenvalue weighted by Gasteiger charge is -2.42. The van der Waals surface area contributed by atoms with E-state index in [-0.39, 0.29) is 22.2 Å². The van der Waals surface area contributed by atoms with E-state index in [9.17, 15) is 24.6 Å². The molecule has 0 spiro atoms. The fourth-order valence-electron chi connectivity index (χ4n) is 6.88. The molecule has 0 heterocycles. The van der Waals surface area contributed by atoms with Crippen LogP contribution in [0.3, 0.4) is 0 Å². The molecule has 6 heteroatoms. The van der Waals surface area contributed by atoms with Crippen LogP contribution in [0.1, 0.15) is 107 Å². The van der Waals surface area contributed by atoms with Gasteiger partial charge in [0.15, 0.2) is 0 Å². The number of hydrogen-bond acceptors (Lipinski definition) is 3. The van der Waals surface area contributed by atoms with E-state index in [1.165, 1.54) is 12.8 Å². The topological polar surface area (TPSA) is 94.9 Å². The van der Waals surface area contributed by atoms with Crippen LogP contribution in [0.4, 0.5) is 0 Å². The first-order chi connectivity index (χ1) is 14.9. The van der Waals surface area contributed by atoms with Crippen LogP contribution in [-0.4, -0.2) is 46.0 Å². The summed E-state index contributed by atoms with van der Waals surface area (Å²) in [4.78, 5) is 37.2. The molecule has 1 rings (SSSR count). The molecule has 0 aromatic carbocycles. The van der Waals surface area contributed by atoms with Crippen molar-refractivity contribution in [3.05, 3.63) is 0 Å². The van der Waals surface area contributed by atoms with Crippen molar-refractivity contribution in [2.24, 2.45) is 33.5 Å². The van der Waals surface area contributed by atoms with E-state index in [4.69, 9.17) is 0 Å². The Morgan fingerprint density at radius 1 is 0.788 bits per heavy atom. The molecule has 1 aliphatic carbocycles. The summed E-state index contributed by atoms with van der Waals surface area (Å²) in [6.07, 6.45) is 6.68. The van der Waals surface area contributed by atoms with Crippen LogP contribution in [-0.2, 0) is 14.4 Å². The highest BCUT2D eigenvalue weighted by molar-refractivity contribution is 5.88. The van der Waals surface area contributed by atoms with Gasteiger partial charge >= 0.3 is 11.9 Å². The minimum Gasteiger partial charge on any atom is -0.480 e. The SMILES string of the molecule is CCCC(C)(CC(C)(C)C1CC1C(C)(CCC)CC(C)(C)C)C(=O)N(CC(=O)O)CC(=O)O. The standard InChI is InChI=1S/C27H49NO5/c1-10-12-26(8,17-24(3,4)5)20-14-19(20)25(6,7)18-27(9,13-11-2)23(33)28(15-21(29)30)16-22(31)32/h19-20H,10-18H2,1-9H3,(H,29,30)(H,31,32). The summed E-state index contributed by atoms with van der Waals surface area (Å²) in [5.74, 6) is -1.62. The molecule has 1 saturated carbocycles. The summed E-state index contributed by atoms with van der Waals surface area (Å²) in [5, 5.41) is 18.5. The number of nitrogens with zero attached hydrogens (tertiary/aromatic N) is 1. The fourth-order valence-corrected chi connectivity index (χ4v) is 6.88. The fraction of sp³-hybridized carbons (Fsp3) is 0.889. The maximum absolute atomic E-state index is 13.5. The second-order valence-electron chi connectivity index (χ2n) is 13.0. The second-order valence-corrected chi connectivity index (χ2v) is 13.0. The highest BCUT2D eigenvalue weighted by atomic mass is 16.4. The maximum Gasteiger partial charge on any atom is 0.323 e. The highest BCUT2D eigenvalue weighted by Crippen LogP contribution is 2.64. The maximum atomic E-state index is 13.5. The molecule has 0 aliphatic heterocycles. The van der Waals surface area contributed by atoms with Crippen LogP contribution in [0.25, 0.3) is 0 Å². The second kappa shape index (κ2) is 10.8. The molecule has 4 atom stereocenters. The Morgan fingerprint density at radius 3 is 1.67 bits per heavy atom. The third kappa shape index (κ3) is 8.29. The zero-order valence-corrected chi connectivity index (χ0v) is 22.6. The lowest BCUT2D eigenvalue weighted by Crippen LogP contribution is -2.48. The van der Waals surface area contributed by atoms with Gasteiger partial charge in [-0.25, -0.2) is 0 Å². The molecular formula is C27H49NO5. The minimum atomic E-state index is -1.19. The number of amides is 1. The number of rotatable bonds is 14. The van der Waals surface area contributed by atoms with Gasteiger partial charge in [-0.05, 0) is 60.2 Å². The van der Waals surface area contributed by atoms with E-state index < -0.39 is 30.4 Å². The minimum absolute atomic E-state index is 0.102. The van der Waals surface area contributed by atoms with Crippen LogP contribution < -0.4 is 0 Å². The Hall–Kier alpha value is -1.59. The third-order valence-corrected chi connectivity index (χ3v) is 7.55. The van der Waals surface area contributed by atoms with Gasteiger partial charge in [-0.15, -0.1) is 0 Å². The van der Waals surface area contributed by atoms with Crippen LogP contribution in [0.5, 0.6) is 0 Å². The van der Waals surface area contributed by atoms with Gasteiger partial charge < -0.3 is 15.1 Å². The smallest absolute Gasteiger partial charge is 0.323 e. The van der Waals surface area contributed by atoms with Gasteiger partial charge in [-0.1, -0.05) is 75.2 Å². The normalized spacial score (nSPS) is 22.2. The van der Waals surface area contributed by atoms with Crippen molar-refractivity contribution in [1.82, 2.24) is 4.90 Å². The predicted octanol–water partition coefficient (Wildman–Crippen LogP) is 6.09. The van der Waals surface area contributed by atoms with Crippen molar-refractivity contribution >= 4 is 17.8 Å². The third-order valence-electron chi connectivity index (χ3n) is 7.55. The number of carbonyl (C=O) groups excluding carboxylic acids is 1. The number of carboxylic acids is 2. The molecule has 6 nitrogen and oxygen atoms in total. The molecular weight excluding hydrogens is 418 g/mol. The summed E-state index contributed by atoms with van der Waals surface area (Å²) < 4.78 is 0. The van der Waals surface area contributed by atoms with Gasteiger partial charge in [0.05, 0.1) is 0 Å². The van der Waals surface area contributed by atoms with Crippen molar-refractivity contribution in [2.45, 2.75) is 107 Å². The Morgan fingerprint density at radius 2 is 1.27 bits per heavy atom. The summed E-state index contributed by atoms with van der Waals surface area (Å²) >= 11 is 0. The van der Waals surface area contributed by atoms with Gasteiger partial charge in [0.1, 0.15) is 13.1 Å². The first kappa shape index (κ1) is 29.4. The monoisotopic (exact) mass is 467 g/mol. The molecule has 0 aromatic rings. The van der Waals surface area contributed by atoms with E-state index in [0.29, 0.717) is 24.7 Å². The molecule has 0 aromatic heterocycles. The first-order valence-corrected chi connectivity index (χ1v) is 12.6.